The van der Waals surface area contributed by atoms with Gasteiger partial charge in [-0.1, -0.05) is 0 Å². The average molecular weight is 155 g/mol. The molecule has 5 heteroatoms. The zero-order valence-electron chi connectivity index (χ0n) is 6.15. The lowest BCUT2D eigenvalue weighted by molar-refractivity contribution is 0.615. The first kappa shape index (κ1) is 7.74. The Balaban J connectivity index is 3.50. The molecule has 1 aromatic rings. The first-order chi connectivity index (χ1) is 5.16. The molecule has 0 bridgehead atoms. The Hall–Kier alpha value is -1.36. The van der Waals surface area contributed by atoms with Gasteiger partial charge in [-0.15, -0.1) is 0 Å². The molecular formula is C6H9N3O2. The van der Waals surface area contributed by atoms with Gasteiger partial charge >= 0.3 is 5.69 Å². The van der Waals surface area contributed by atoms with E-state index in [-0.39, 0.29) is 17.9 Å². The summed E-state index contributed by atoms with van der Waals surface area (Å²) in [7, 11) is 1.41. The average Bonchev–Trinajstić information content (AvgIpc) is 2.01. The fourth-order valence-corrected chi connectivity index (χ4v) is 0.755. The van der Waals surface area contributed by atoms with Gasteiger partial charge in [-0.05, 0) is 0 Å². The highest BCUT2D eigenvalue weighted by molar-refractivity contribution is 4.84. The Kier molecular flexibility index (Phi) is 1.91. The van der Waals surface area contributed by atoms with E-state index in [9.17, 15) is 9.59 Å². The van der Waals surface area contributed by atoms with E-state index in [2.05, 4.69) is 0 Å². The zero-order chi connectivity index (χ0) is 8.43. The first-order valence-electron chi connectivity index (χ1n) is 3.13. The third kappa shape index (κ3) is 1.22. The quantitative estimate of drug-likeness (QED) is 0.534. The van der Waals surface area contributed by atoms with E-state index in [1.54, 1.807) is 0 Å². The van der Waals surface area contributed by atoms with E-state index in [4.69, 9.17) is 5.73 Å². The zero-order valence-corrected chi connectivity index (χ0v) is 6.15. The van der Waals surface area contributed by atoms with Gasteiger partial charge < -0.3 is 5.73 Å². The Labute approximate surface area is 62.7 Å². The van der Waals surface area contributed by atoms with Crippen molar-refractivity contribution < 1.29 is 0 Å². The van der Waals surface area contributed by atoms with Crippen molar-refractivity contribution in [3.8, 4) is 0 Å². The van der Waals surface area contributed by atoms with E-state index in [1.165, 1.54) is 23.9 Å². The second-order valence-corrected chi connectivity index (χ2v) is 2.15. The molecule has 0 aliphatic rings. The molecule has 0 radical (unpaired) electrons. The maximum Gasteiger partial charge on any atom is 0.331 e. The van der Waals surface area contributed by atoms with Crippen LogP contribution in [0.25, 0.3) is 0 Å². The van der Waals surface area contributed by atoms with Gasteiger partial charge in [-0.25, -0.2) is 4.79 Å². The molecule has 0 unspecified atom stereocenters. The second-order valence-electron chi connectivity index (χ2n) is 2.15. The highest BCUT2D eigenvalue weighted by Crippen LogP contribution is 1.70. The molecule has 0 amide bonds. The molecule has 1 aromatic heterocycles. The highest BCUT2D eigenvalue weighted by Gasteiger charge is 1.96. The van der Waals surface area contributed by atoms with Crippen LogP contribution in [0.1, 0.15) is 0 Å². The summed E-state index contributed by atoms with van der Waals surface area (Å²) in [5.74, 6) is 0. The van der Waals surface area contributed by atoms with Crippen LogP contribution in [-0.4, -0.2) is 9.13 Å². The summed E-state index contributed by atoms with van der Waals surface area (Å²) in [5.41, 5.74) is 4.51. The molecule has 0 aliphatic carbocycles. The SMILES string of the molecule is Cn1c(=O)ccn(CN)c1=O. The Bertz CT molecular complexity index is 363. The summed E-state index contributed by atoms with van der Waals surface area (Å²) in [5, 5.41) is 0. The minimum absolute atomic E-state index is 0.0902. The fourth-order valence-electron chi connectivity index (χ4n) is 0.755. The molecule has 0 atom stereocenters. The van der Waals surface area contributed by atoms with Gasteiger partial charge in [-0.2, -0.15) is 0 Å². The van der Waals surface area contributed by atoms with E-state index in [0.29, 0.717) is 0 Å². The smallest absolute Gasteiger partial charge is 0.313 e. The lowest BCUT2D eigenvalue weighted by Crippen LogP contribution is -2.38. The molecule has 0 spiro atoms. The van der Waals surface area contributed by atoms with Gasteiger partial charge in [0.1, 0.15) is 0 Å². The Morgan fingerprint density at radius 2 is 2.18 bits per heavy atom. The van der Waals surface area contributed by atoms with Crippen molar-refractivity contribution >= 4 is 0 Å². The van der Waals surface area contributed by atoms with Gasteiger partial charge in [0.15, 0.2) is 0 Å². The summed E-state index contributed by atoms with van der Waals surface area (Å²) < 4.78 is 2.26. The molecule has 0 saturated heterocycles. The topological polar surface area (TPSA) is 70.0 Å². The van der Waals surface area contributed by atoms with Crippen molar-refractivity contribution in [3.05, 3.63) is 33.1 Å². The van der Waals surface area contributed by atoms with Crippen LogP contribution in [0, 0.1) is 0 Å². The monoisotopic (exact) mass is 155 g/mol. The summed E-state index contributed by atoms with van der Waals surface area (Å²) in [4.78, 5) is 21.9. The predicted octanol–water partition coefficient (Wildman–Crippen LogP) is -1.54. The molecular weight excluding hydrogens is 146 g/mol. The maximum atomic E-state index is 11.1. The minimum Gasteiger partial charge on any atom is -0.313 e. The van der Waals surface area contributed by atoms with Crippen LogP contribution in [0.15, 0.2) is 21.9 Å². The lowest BCUT2D eigenvalue weighted by Gasteiger charge is -2.01. The molecule has 0 aliphatic heterocycles. The van der Waals surface area contributed by atoms with E-state index < -0.39 is 0 Å². The number of nitrogens with zero attached hydrogens (tertiary/aromatic N) is 2. The van der Waals surface area contributed by atoms with Crippen LogP contribution < -0.4 is 17.0 Å². The van der Waals surface area contributed by atoms with Gasteiger partial charge in [-0.3, -0.25) is 13.9 Å². The van der Waals surface area contributed by atoms with Crippen LogP contribution in [0.2, 0.25) is 0 Å². The highest BCUT2D eigenvalue weighted by atomic mass is 16.2. The van der Waals surface area contributed by atoms with Gasteiger partial charge in [0, 0.05) is 19.3 Å². The molecule has 1 rings (SSSR count). The van der Waals surface area contributed by atoms with Crippen molar-refractivity contribution in [2.75, 3.05) is 0 Å². The third-order valence-corrected chi connectivity index (χ3v) is 1.46. The van der Waals surface area contributed by atoms with Crippen LogP contribution in [0.4, 0.5) is 0 Å². The second kappa shape index (κ2) is 2.71. The largest absolute Gasteiger partial charge is 0.331 e. The van der Waals surface area contributed by atoms with Gasteiger partial charge in [0.05, 0.1) is 6.67 Å². The Morgan fingerprint density at radius 1 is 1.55 bits per heavy atom. The van der Waals surface area contributed by atoms with Crippen LogP contribution >= 0.6 is 0 Å². The number of hydrogen-bond donors (Lipinski definition) is 1. The molecule has 0 saturated carbocycles. The lowest BCUT2D eigenvalue weighted by atomic mass is 10.6. The van der Waals surface area contributed by atoms with E-state index in [1.807, 2.05) is 0 Å². The summed E-state index contributed by atoms with van der Waals surface area (Å²) in [6, 6.07) is 1.30. The predicted molar refractivity (Wildman–Crippen MR) is 40.1 cm³/mol. The van der Waals surface area contributed by atoms with Crippen molar-refractivity contribution in [2.45, 2.75) is 6.67 Å². The standard InChI is InChI=1S/C6H9N3O2/c1-8-5(10)2-3-9(4-7)6(8)11/h2-3H,4,7H2,1H3. The molecule has 0 fully saturated rings. The van der Waals surface area contributed by atoms with Gasteiger partial charge in [0.25, 0.3) is 5.56 Å². The molecule has 60 valence electrons. The molecule has 5 nitrogen and oxygen atoms in total. The first-order valence-corrected chi connectivity index (χ1v) is 3.13. The number of aromatic nitrogens is 2. The summed E-state index contributed by atoms with van der Waals surface area (Å²) in [6.07, 6.45) is 1.38. The minimum atomic E-state index is -0.389. The van der Waals surface area contributed by atoms with Crippen molar-refractivity contribution in [1.29, 1.82) is 0 Å². The fraction of sp³-hybridized carbons (Fsp3) is 0.333. The molecule has 0 aromatic carbocycles. The van der Waals surface area contributed by atoms with Crippen LogP contribution in [-0.2, 0) is 13.7 Å². The normalized spacial score (nSPS) is 10.0. The molecule has 1 heterocycles. The summed E-state index contributed by atoms with van der Waals surface area (Å²) >= 11 is 0. The Morgan fingerprint density at radius 3 is 2.73 bits per heavy atom. The molecule has 2 N–H and O–H groups in total. The van der Waals surface area contributed by atoms with Crippen LogP contribution in [0.3, 0.4) is 0 Å². The number of rotatable bonds is 1. The summed E-state index contributed by atoms with van der Waals surface area (Å²) in [6.45, 7) is 0.0902. The van der Waals surface area contributed by atoms with E-state index in [0.717, 1.165) is 4.57 Å². The third-order valence-electron chi connectivity index (χ3n) is 1.46. The van der Waals surface area contributed by atoms with E-state index >= 15 is 0 Å². The number of nitrogens with two attached hydrogens (primary N) is 1. The van der Waals surface area contributed by atoms with Crippen molar-refractivity contribution in [1.82, 2.24) is 9.13 Å². The van der Waals surface area contributed by atoms with Crippen molar-refractivity contribution in [2.24, 2.45) is 12.8 Å². The number of hydrogen-bond acceptors (Lipinski definition) is 3. The maximum absolute atomic E-state index is 11.1. The van der Waals surface area contributed by atoms with Crippen molar-refractivity contribution in [3.63, 3.8) is 0 Å². The van der Waals surface area contributed by atoms with Crippen LogP contribution in [0.5, 0.6) is 0 Å². The van der Waals surface area contributed by atoms with Gasteiger partial charge in [0.2, 0.25) is 0 Å². The molecule has 11 heavy (non-hydrogen) atoms.